The third kappa shape index (κ3) is 4.19. The Bertz CT molecular complexity index is 1680. The van der Waals surface area contributed by atoms with E-state index in [4.69, 9.17) is 13.9 Å². The van der Waals surface area contributed by atoms with E-state index in [0.717, 1.165) is 27.2 Å². The fraction of sp³-hybridized carbons (Fsp3) is 0.206. The normalized spacial score (nSPS) is 21.9. The third-order valence-corrected chi connectivity index (χ3v) is 8.67. The van der Waals surface area contributed by atoms with Gasteiger partial charge in [0.2, 0.25) is 17.6 Å². The van der Waals surface area contributed by atoms with Gasteiger partial charge in [0, 0.05) is 17.4 Å². The maximum Gasteiger partial charge on any atom is 0.379 e. The van der Waals surface area contributed by atoms with E-state index in [9.17, 15) is 24.0 Å². The highest BCUT2D eigenvalue weighted by Crippen LogP contribution is 2.61. The molecule has 2 heterocycles. The van der Waals surface area contributed by atoms with Crippen LogP contribution in [0.2, 0.25) is 0 Å². The molecule has 4 aromatic rings. The number of esters is 2. The first-order valence-corrected chi connectivity index (χ1v) is 13.9. The van der Waals surface area contributed by atoms with E-state index >= 15 is 0 Å². The van der Waals surface area contributed by atoms with Gasteiger partial charge in [0.05, 0.1) is 18.1 Å². The predicted molar refractivity (Wildman–Crippen MR) is 150 cm³/mol. The molecule has 0 spiro atoms. The third-order valence-electron chi connectivity index (χ3n) is 8.67. The monoisotopic (exact) mass is 575 g/mol. The number of rotatable bonds is 7. The highest BCUT2D eigenvalue weighted by molar-refractivity contribution is 6.10. The van der Waals surface area contributed by atoms with E-state index in [2.05, 4.69) is 0 Å². The number of hydrogen-bond donors (Lipinski definition) is 0. The maximum atomic E-state index is 13.8. The van der Waals surface area contributed by atoms with Gasteiger partial charge < -0.3 is 13.9 Å². The number of carbonyl (C=O) groups excluding carboxylic acids is 5. The van der Waals surface area contributed by atoms with Crippen molar-refractivity contribution in [2.24, 2.45) is 11.8 Å². The van der Waals surface area contributed by atoms with Crippen LogP contribution in [0.15, 0.2) is 95.6 Å². The van der Waals surface area contributed by atoms with Gasteiger partial charge in [0.15, 0.2) is 12.4 Å². The van der Waals surface area contributed by atoms with Gasteiger partial charge in [-0.25, -0.2) is 9.59 Å². The van der Waals surface area contributed by atoms with Gasteiger partial charge in [-0.05, 0) is 65.6 Å². The summed E-state index contributed by atoms with van der Waals surface area (Å²) in [5.74, 6) is -4.37. The number of benzene rings is 3. The van der Waals surface area contributed by atoms with Crippen LogP contribution in [0.5, 0.6) is 5.75 Å². The average molecular weight is 576 g/mol. The molecule has 8 rings (SSSR count). The fourth-order valence-electron chi connectivity index (χ4n) is 6.79. The van der Waals surface area contributed by atoms with Gasteiger partial charge in [-0.2, -0.15) is 0 Å². The fourth-order valence-corrected chi connectivity index (χ4v) is 6.79. The zero-order chi connectivity index (χ0) is 29.8. The average Bonchev–Trinajstić information content (AvgIpc) is 3.67. The summed E-state index contributed by atoms with van der Waals surface area (Å²) in [4.78, 5) is 66.6. The summed E-state index contributed by atoms with van der Waals surface area (Å²) in [7, 11) is 0. The molecule has 1 aliphatic heterocycles. The standard InChI is InChI=1S/C34H25NO8/c1-18(33(39)42-17-25(36)19-12-14-20(15-13-19)43-34(40)26-11-6-16-41-26)35-31(37)29-27-21-7-2-3-8-22(21)28(30(29)32(35)38)24-10-5-4-9-23(24)27/h2-16,18,27-30H,17H2,1H3/t18-,27?,28?,29-,30+/m0/s1. The van der Waals surface area contributed by atoms with Crippen LogP contribution in [0.1, 0.15) is 61.9 Å². The molecular weight excluding hydrogens is 550 g/mol. The van der Waals surface area contributed by atoms with Crippen molar-refractivity contribution in [1.29, 1.82) is 0 Å². The number of carbonyl (C=O) groups is 5. The first-order valence-electron chi connectivity index (χ1n) is 13.9. The lowest BCUT2D eigenvalue weighted by Gasteiger charge is -2.45. The highest BCUT2D eigenvalue weighted by Gasteiger charge is 2.62. The Hall–Kier alpha value is -5.31. The molecule has 1 fully saturated rings. The second kappa shape index (κ2) is 10.2. The number of nitrogens with zero attached hydrogens (tertiary/aromatic N) is 1. The number of ketones is 1. The number of likely N-dealkylation sites (tertiary alicyclic amines) is 1. The van der Waals surface area contributed by atoms with E-state index in [1.165, 1.54) is 43.5 Å². The van der Waals surface area contributed by atoms with Crippen molar-refractivity contribution in [3.63, 3.8) is 0 Å². The van der Waals surface area contributed by atoms with Crippen molar-refractivity contribution in [3.05, 3.63) is 125 Å². The van der Waals surface area contributed by atoms with E-state index in [-0.39, 0.29) is 28.9 Å². The lowest BCUT2D eigenvalue weighted by atomic mass is 9.55. The minimum atomic E-state index is -1.20. The summed E-state index contributed by atoms with van der Waals surface area (Å²) in [6.07, 6.45) is 1.35. The van der Waals surface area contributed by atoms with Gasteiger partial charge in [0.1, 0.15) is 11.8 Å². The van der Waals surface area contributed by atoms with Crippen molar-refractivity contribution >= 4 is 29.5 Å². The summed E-state index contributed by atoms with van der Waals surface area (Å²) in [5, 5.41) is 0. The SMILES string of the molecule is C[C@@H](C(=O)OCC(=O)c1ccc(OC(=O)c2ccco2)cc1)N1C(=O)[C@@H]2C3c4ccccc4C(c4ccccc43)[C@@H]2C1=O. The van der Waals surface area contributed by atoms with Crippen LogP contribution < -0.4 is 4.74 Å². The summed E-state index contributed by atoms with van der Waals surface area (Å²) >= 11 is 0. The number of Topliss-reactive ketones (excluding diaryl/α,β-unsaturated/α-hetero) is 1. The topological polar surface area (TPSA) is 120 Å². The smallest absolute Gasteiger partial charge is 0.379 e. The molecule has 0 unspecified atom stereocenters. The summed E-state index contributed by atoms with van der Waals surface area (Å²) in [5.41, 5.74) is 4.39. The Labute approximate surface area is 246 Å². The Morgan fingerprint density at radius 2 is 1.30 bits per heavy atom. The van der Waals surface area contributed by atoms with Gasteiger partial charge in [-0.3, -0.25) is 19.3 Å². The Morgan fingerprint density at radius 1 is 0.767 bits per heavy atom. The van der Waals surface area contributed by atoms with Crippen molar-refractivity contribution in [2.45, 2.75) is 24.8 Å². The molecule has 1 saturated heterocycles. The zero-order valence-corrected chi connectivity index (χ0v) is 23.0. The number of imide groups is 1. The van der Waals surface area contributed by atoms with Crippen molar-refractivity contribution in [3.8, 4) is 5.75 Å². The van der Waals surface area contributed by atoms with Crippen LogP contribution in [-0.4, -0.2) is 47.1 Å². The number of amides is 2. The molecule has 0 N–H and O–H groups in total. The zero-order valence-electron chi connectivity index (χ0n) is 23.0. The molecule has 3 aliphatic carbocycles. The molecule has 2 amide bonds. The molecule has 1 aromatic heterocycles. The van der Waals surface area contributed by atoms with Gasteiger partial charge in [-0.15, -0.1) is 0 Å². The number of hydrogen-bond acceptors (Lipinski definition) is 8. The maximum absolute atomic E-state index is 13.8. The summed E-state index contributed by atoms with van der Waals surface area (Å²) < 4.78 is 15.5. The minimum absolute atomic E-state index is 0.0390. The van der Waals surface area contributed by atoms with Crippen molar-refractivity contribution < 1.29 is 37.9 Å². The molecule has 2 bridgehead atoms. The molecule has 0 radical (unpaired) electrons. The predicted octanol–water partition coefficient (Wildman–Crippen LogP) is 4.51. The number of furan rings is 1. The molecule has 43 heavy (non-hydrogen) atoms. The van der Waals surface area contributed by atoms with Crippen LogP contribution in [0, 0.1) is 11.8 Å². The molecule has 3 aromatic carbocycles. The minimum Gasteiger partial charge on any atom is -0.457 e. The van der Waals surface area contributed by atoms with E-state index in [1.54, 1.807) is 6.07 Å². The van der Waals surface area contributed by atoms with Crippen molar-refractivity contribution in [1.82, 2.24) is 4.90 Å². The molecule has 0 saturated carbocycles. The lowest BCUT2D eigenvalue weighted by molar-refractivity contribution is -0.157. The highest BCUT2D eigenvalue weighted by atomic mass is 16.5. The molecule has 214 valence electrons. The first-order chi connectivity index (χ1) is 20.8. The first kappa shape index (κ1) is 26.6. The van der Waals surface area contributed by atoms with E-state index in [0.29, 0.717) is 0 Å². The number of ether oxygens (including phenoxy) is 2. The van der Waals surface area contributed by atoms with Gasteiger partial charge in [-0.1, -0.05) is 48.5 Å². The van der Waals surface area contributed by atoms with E-state index in [1.807, 2.05) is 48.5 Å². The van der Waals surface area contributed by atoms with Crippen LogP contribution in [0.4, 0.5) is 0 Å². The molecule has 9 nitrogen and oxygen atoms in total. The van der Waals surface area contributed by atoms with Crippen LogP contribution in [-0.2, 0) is 19.1 Å². The van der Waals surface area contributed by atoms with Crippen LogP contribution >= 0.6 is 0 Å². The Kier molecular flexibility index (Phi) is 6.30. The van der Waals surface area contributed by atoms with E-state index < -0.39 is 54.0 Å². The second-order valence-electron chi connectivity index (χ2n) is 10.9. The molecule has 3 atom stereocenters. The van der Waals surface area contributed by atoms with Crippen molar-refractivity contribution in [2.75, 3.05) is 6.61 Å². The van der Waals surface area contributed by atoms with Crippen LogP contribution in [0.3, 0.4) is 0 Å². The quantitative estimate of drug-likeness (QED) is 0.137. The lowest BCUT2D eigenvalue weighted by Crippen LogP contribution is -2.45. The van der Waals surface area contributed by atoms with Gasteiger partial charge in [0.25, 0.3) is 0 Å². The molecule has 4 aliphatic rings. The van der Waals surface area contributed by atoms with Crippen LogP contribution in [0.25, 0.3) is 0 Å². The molecule has 9 heteroatoms. The van der Waals surface area contributed by atoms with Gasteiger partial charge >= 0.3 is 11.9 Å². The summed E-state index contributed by atoms with van der Waals surface area (Å²) in [6.45, 7) is 0.865. The molecular formula is C34H25NO8. The Morgan fingerprint density at radius 3 is 1.79 bits per heavy atom. The second-order valence-corrected chi connectivity index (χ2v) is 10.9. The Balaban J connectivity index is 1.04. The largest absolute Gasteiger partial charge is 0.457 e. The summed E-state index contributed by atoms with van der Waals surface area (Å²) in [6, 6.07) is 23.4.